The Labute approximate surface area is 173 Å². The van der Waals surface area contributed by atoms with E-state index in [4.69, 9.17) is 13.6 Å². The van der Waals surface area contributed by atoms with Gasteiger partial charge in [0, 0.05) is 19.3 Å². The van der Waals surface area contributed by atoms with E-state index in [0.29, 0.717) is 36.0 Å². The molecular formula is C21H33O7P. The fraction of sp³-hybridized carbons (Fsp3) is 0.571. The summed E-state index contributed by atoms with van der Waals surface area (Å²) < 4.78 is 28.7. The molecule has 0 bridgehead atoms. The molecule has 0 aliphatic rings. The summed E-state index contributed by atoms with van der Waals surface area (Å²) in [4.78, 5) is 34.7. The zero-order valence-corrected chi connectivity index (χ0v) is 18.7. The first-order valence-corrected chi connectivity index (χ1v) is 11.0. The summed E-state index contributed by atoms with van der Waals surface area (Å²) >= 11 is 0. The van der Waals surface area contributed by atoms with Gasteiger partial charge in [0.25, 0.3) is 0 Å². The highest BCUT2D eigenvalue weighted by Gasteiger charge is 2.26. The highest BCUT2D eigenvalue weighted by Crippen LogP contribution is 2.49. The largest absolute Gasteiger partial charge is 0.474 e. The minimum Gasteiger partial charge on any atom is -0.295 e. The maximum absolute atomic E-state index is 12.8. The number of carbonyl (C=O) groups is 3. The molecule has 0 aromatic rings. The summed E-state index contributed by atoms with van der Waals surface area (Å²) in [6.07, 6.45) is 1.67. The normalized spacial score (nSPS) is 11.1. The van der Waals surface area contributed by atoms with E-state index in [1.54, 1.807) is 20.8 Å². The predicted octanol–water partition coefficient (Wildman–Crippen LogP) is 4.92. The van der Waals surface area contributed by atoms with Gasteiger partial charge in [-0.25, -0.2) is 4.57 Å². The number of rotatable bonds is 18. The topological polar surface area (TPSA) is 96.0 Å². The van der Waals surface area contributed by atoms with Crippen molar-refractivity contribution in [3.8, 4) is 0 Å². The molecular weight excluding hydrogens is 395 g/mol. The molecule has 0 heterocycles. The fourth-order valence-corrected chi connectivity index (χ4v) is 3.26. The summed E-state index contributed by atoms with van der Waals surface area (Å²) in [6.45, 7) is 15.6. The Hall–Kier alpha value is -1.66. The molecule has 0 aromatic carbocycles. The Morgan fingerprint density at radius 1 is 0.621 bits per heavy atom. The average molecular weight is 428 g/mol. The monoisotopic (exact) mass is 428 g/mol. The van der Waals surface area contributed by atoms with Crippen LogP contribution in [-0.4, -0.2) is 37.2 Å². The molecule has 29 heavy (non-hydrogen) atoms. The van der Waals surface area contributed by atoms with Crippen LogP contribution in [0.15, 0.2) is 36.5 Å². The minimum absolute atomic E-state index is 0.00565. The van der Waals surface area contributed by atoms with Crippen LogP contribution in [-0.2, 0) is 32.5 Å². The molecule has 0 rings (SSSR count). The standard InChI is InChI=1S/C21H33O7P/c1-16(2)19(22)10-7-13-26-29(25,27-14-8-11-20(23)17(3)4)28-15-9-12-21(24)18(5)6/h1,3,5,7-15H2,2,4,6H3. The first kappa shape index (κ1) is 27.3. The number of phosphoric ester groups is 1. The zero-order valence-electron chi connectivity index (χ0n) is 17.8. The maximum atomic E-state index is 12.8. The highest BCUT2D eigenvalue weighted by molar-refractivity contribution is 7.48. The molecule has 164 valence electrons. The lowest BCUT2D eigenvalue weighted by atomic mass is 10.1. The van der Waals surface area contributed by atoms with Gasteiger partial charge in [0.05, 0.1) is 19.8 Å². The van der Waals surface area contributed by atoms with Crippen molar-refractivity contribution in [2.24, 2.45) is 0 Å². The third kappa shape index (κ3) is 13.2. The van der Waals surface area contributed by atoms with Gasteiger partial charge < -0.3 is 0 Å². The van der Waals surface area contributed by atoms with Gasteiger partial charge in [0.2, 0.25) is 0 Å². The van der Waals surface area contributed by atoms with Gasteiger partial charge in [-0.05, 0) is 56.8 Å². The van der Waals surface area contributed by atoms with Gasteiger partial charge in [-0.2, -0.15) is 0 Å². The predicted molar refractivity (Wildman–Crippen MR) is 113 cm³/mol. The third-order valence-corrected chi connectivity index (χ3v) is 5.32. The maximum Gasteiger partial charge on any atom is 0.474 e. The van der Waals surface area contributed by atoms with Crippen LogP contribution in [0.4, 0.5) is 0 Å². The van der Waals surface area contributed by atoms with Crippen LogP contribution in [0, 0.1) is 0 Å². The van der Waals surface area contributed by atoms with Crippen molar-refractivity contribution in [2.75, 3.05) is 19.8 Å². The number of phosphoric acid groups is 1. The Kier molecular flexibility index (Phi) is 13.5. The molecule has 0 fully saturated rings. The lowest BCUT2D eigenvalue weighted by Gasteiger charge is -2.18. The molecule has 0 aliphatic heterocycles. The van der Waals surface area contributed by atoms with Crippen molar-refractivity contribution in [1.82, 2.24) is 0 Å². The van der Waals surface area contributed by atoms with E-state index in [2.05, 4.69) is 19.7 Å². The van der Waals surface area contributed by atoms with Gasteiger partial charge in [0.15, 0.2) is 17.3 Å². The SMILES string of the molecule is C=C(C)C(=O)CCCOP(=O)(OCCCC(=O)C(=C)C)OCCCC(=O)C(=C)C. The molecule has 7 nitrogen and oxygen atoms in total. The summed E-state index contributed by atoms with van der Waals surface area (Å²) in [5.41, 5.74) is 1.35. The molecule has 0 saturated carbocycles. The van der Waals surface area contributed by atoms with Crippen LogP contribution in [0.2, 0.25) is 0 Å². The molecule has 0 N–H and O–H groups in total. The van der Waals surface area contributed by atoms with Crippen LogP contribution in [0.5, 0.6) is 0 Å². The number of allylic oxidation sites excluding steroid dienone is 3. The molecule has 0 atom stereocenters. The number of Topliss-reactive ketones (excluding diaryl/α,β-unsaturated/α-hetero) is 3. The van der Waals surface area contributed by atoms with Gasteiger partial charge in [-0.15, -0.1) is 0 Å². The molecule has 0 radical (unpaired) electrons. The lowest BCUT2D eigenvalue weighted by molar-refractivity contribution is -0.116. The number of hydrogen-bond donors (Lipinski definition) is 0. The minimum atomic E-state index is -3.87. The lowest BCUT2D eigenvalue weighted by Crippen LogP contribution is -2.08. The Morgan fingerprint density at radius 3 is 1.07 bits per heavy atom. The van der Waals surface area contributed by atoms with E-state index in [9.17, 15) is 18.9 Å². The van der Waals surface area contributed by atoms with Crippen molar-refractivity contribution in [3.63, 3.8) is 0 Å². The highest BCUT2D eigenvalue weighted by atomic mass is 31.2. The average Bonchev–Trinajstić information content (AvgIpc) is 2.65. The summed E-state index contributed by atoms with van der Waals surface area (Å²) in [5, 5.41) is 0. The van der Waals surface area contributed by atoms with Crippen molar-refractivity contribution in [3.05, 3.63) is 36.5 Å². The second kappa shape index (κ2) is 14.3. The molecule has 0 aliphatic carbocycles. The van der Waals surface area contributed by atoms with Crippen LogP contribution in [0.25, 0.3) is 0 Å². The van der Waals surface area contributed by atoms with Crippen LogP contribution in [0.3, 0.4) is 0 Å². The molecule has 0 spiro atoms. The van der Waals surface area contributed by atoms with Gasteiger partial charge in [-0.3, -0.25) is 28.0 Å². The van der Waals surface area contributed by atoms with Crippen LogP contribution < -0.4 is 0 Å². The number of carbonyl (C=O) groups excluding carboxylic acids is 3. The Morgan fingerprint density at radius 2 is 0.862 bits per heavy atom. The Balaban J connectivity index is 4.56. The van der Waals surface area contributed by atoms with Gasteiger partial charge in [-0.1, -0.05) is 19.7 Å². The molecule has 0 unspecified atom stereocenters. The second-order valence-corrected chi connectivity index (χ2v) is 8.54. The summed E-state index contributed by atoms with van der Waals surface area (Å²) in [6, 6.07) is 0. The van der Waals surface area contributed by atoms with E-state index in [-0.39, 0.29) is 56.4 Å². The first-order chi connectivity index (χ1) is 13.5. The van der Waals surface area contributed by atoms with Crippen molar-refractivity contribution >= 4 is 25.2 Å². The van der Waals surface area contributed by atoms with Crippen LogP contribution >= 0.6 is 7.82 Å². The molecule has 0 saturated heterocycles. The zero-order chi connectivity index (χ0) is 22.4. The fourth-order valence-electron chi connectivity index (χ4n) is 1.98. The quantitative estimate of drug-likeness (QED) is 0.174. The molecule has 8 heteroatoms. The number of hydrogen-bond acceptors (Lipinski definition) is 7. The molecule has 0 aromatic heterocycles. The molecule has 0 amide bonds. The van der Waals surface area contributed by atoms with E-state index >= 15 is 0 Å². The smallest absolute Gasteiger partial charge is 0.295 e. The summed E-state index contributed by atoms with van der Waals surface area (Å²) in [5.74, 6) is -0.286. The van der Waals surface area contributed by atoms with Gasteiger partial charge >= 0.3 is 7.82 Å². The van der Waals surface area contributed by atoms with Crippen molar-refractivity contribution < 1.29 is 32.5 Å². The van der Waals surface area contributed by atoms with Crippen LogP contribution in [0.1, 0.15) is 59.3 Å². The van der Waals surface area contributed by atoms with E-state index < -0.39 is 7.82 Å². The van der Waals surface area contributed by atoms with Crippen molar-refractivity contribution in [1.29, 1.82) is 0 Å². The van der Waals surface area contributed by atoms with E-state index in [1.807, 2.05) is 0 Å². The second-order valence-electron chi connectivity index (χ2n) is 6.87. The van der Waals surface area contributed by atoms with Crippen molar-refractivity contribution in [2.45, 2.75) is 59.3 Å². The third-order valence-electron chi connectivity index (χ3n) is 3.82. The van der Waals surface area contributed by atoms with E-state index in [0.717, 1.165) is 0 Å². The first-order valence-electron chi connectivity index (χ1n) is 9.58. The van der Waals surface area contributed by atoms with E-state index in [1.165, 1.54) is 0 Å². The summed E-state index contributed by atoms with van der Waals surface area (Å²) in [7, 11) is -3.87. The van der Waals surface area contributed by atoms with Gasteiger partial charge in [0.1, 0.15) is 0 Å². The Bertz CT molecular complexity index is 588. The number of ketones is 3.